The number of carbonyl (C=O) groups excluding carboxylic acids is 1. The number of aryl methyl sites for hydroxylation is 1. The van der Waals surface area contributed by atoms with Crippen LogP contribution in [0.5, 0.6) is 0 Å². The number of benzene rings is 2. The summed E-state index contributed by atoms with van der Waals surface area (Å²) >= 11 is 0. The Morgan fingerprint density at radius 3 is 2.44 bits per heavy atom. The zero-order valence-corrected chi connectivity index (χ0v) is 17.9. The second-order valence-electron chi connectivity index (χ2n) is 6.41. The van der Waals surface area contributed by atoms with Crippen LogP contribution in [0.3, 0.4) is 0 Å². The average Bonchev–Trinajstić information content (AvgIpc) is 3.17. The molecular weight excluding hydrogens is 419 g/mol. The van der Waals surface area contributed by atoms with Gasteiger partial charge in [-0.05, 0) is 48.7 Å². The molecule has 0 aliphatic carbocycles. The second kappa shape index (κ2) is 11.6. The van der Waals surface area contributed by atoms with Crippen LogP contribution >= 0.6 is 0 Å². The molecule has 1 amide bonds. The predicted octanol–water partition coefficient (Wildman–Crippen LogP) is 5.12. The molecule has 1 heterocycles. The van der Waals surface area contributed by atoms with E-state index in [1.165, 1.54) is 12.1 Å². The van der Waals surface area contributed by atoms with Crippen LogP contribution in [0.25, 0.3) is 10.9 Å². The highest BCUT2D eigenvalue weighted by Crippen LogP contribution is 2.33. The number of nitriles is 1. The summed E-state index contributed by atoms with van der Waals surface area (Å²) in [5, 5.41) is 22.2. The maximum atomic E-state index is 13.0. The first-order valence-electron chi connectivity index (χ1n) is 9.68. The van der Waals surface area contributed by atoms with Crippen LogP contribution in [0.4, 0.5) is 18.9 Å². The van der Waals surface area contributed by atoms with Crippen molar-refractivity contribution < 1.29 is 23.1 Å². The van der Waals surface area contributed by atoms with Gasteiger partial charge in [-0.2, -0.15) is 18.4 Å². The molecule has 1 aromatic heterocycles. The van der Waals surface area contributed by atoms with E-state index in [0.29, 0.717) is 6.07 Å². The maximum absolute atomic E-state index is 13.0. The van der Waals surface area contributed by atoms with Crippen molar-refractivity contribution in [1.29, 1.82) is 5.26 Å². The summed E-state index contributed by atoms with van der Waals surface area (Å²) in [6.45, 7) is 5.90. The third-order valence-corrected chi connectivity index (χ3v) is 4.31. The van der Waals surface area contributed by atoms with Gasteiger partial charge in [0.25, 0.3) is 5.91 Å². The number of alkyl halides is 3. The van der Waals surface area contributed by atoms with E-state index in [-0.39, 0.29) is 12.2 Å². The van der Waals surface area contributed by atoms with E-state index in [0.717, 1.165) is 22.5 Å². The standard InChI is InChI=1S/C20H16F3N3O2.C2H6.C2H2/c1-12-2-5-17-13(8-12)6-7-26(17)11-18(27)19(28)25-15-4-3-14(10-24)16(9-15)20(21,22)23;2*1-2/h2-9,18,27H,11H2,1H3,(H,25,28);1-2H3;1-2H/t18-;;/m0../s1. The lowest BCUT2D eigenvalue weighted by Crippen LogP contribution is -2.31. The topological polar surface area (TPSA) is 78.1 Å². The predicted molar refractivity (Wildman–Crippen MR) is 119 cm³/mol. The molecule has 2 N–H and O–H groups in total. The molecule has 0 spiro atoms. The number of anilines is 1. The minimum atomic E-state index is -4.73. The maximum Gasteiger partial charge on any atom is 0.417 e. The van der Waals surface area contributed by atoms with Crippen molar-refractivity contribution in [2.24, 2.45) is 0 Å². The van der Waals surface area contributed by atoms with Gasteiger partial charge in [-0.15, -0.1) is 12.8 Å². The van der Waals surface area contributed by atoms with Crippen molar-refractivity contribution in [3.05, 3.63) is 65.4 Å². The third-order valence-electron chi connectivity index (χ3n) is 4.31. The van der Waals surface area contributed by atoms with Crippen LogP contribution in [0.2, 0.25) is 0 Å². The first-order valence-corrected chi connectivity index (χ1v) is 9.68. The molecule has 5 nitrogen and oxygen atoms in total. The quantitative estimate of drug-likeness (QED) is 0.550. The second-order valence-corrected chi connectivity index (χ2v) is 6.41. The Morgan fingerprint density at radius 1 is 1.19 bits per heavy atom. The van der Waals surface area contributed by atoms with Crippen molar-refractivity contribution in [1.82, 2.24) is 4.57 Å². The molecule has 0 fully saturated rings. The molecule has 1 atom stereocenters. The van der Waals surface area contributed by atoms with Gasteiger partial charge in [0.05, 0.1) is 23.7 Å². The fourth-order valence-corrected chi connectivity index (χ4v) is 2.93. The third kappa shape index (κ3) is 6.37. The Hall–Kier alpha value is -3.75. The molecular formula is C24H24F3N3O2. The number of rotatable bonds is 4. The van der Waals surface area contributed by atoms with Crippen LogP contribution in [0, 0.1) is 31.1 Å². The zero-order chi connectivity index (χ0) is 24.5. The fourth-order valence-electron chi connectivity index (χ4n) is 2.93. The molecule has 0 aliphatic heterocycles. The molecule has 168 valence electrons. The van der Waals surface area contributed by atoms with Crippen LogP contribution in [0.15, 0.2) is 48.7 Å². The molecule has 0 radical (unpaired) electrons. The number of hydrogen-bond acceptors (Lipinski definition) is 3. The number of nitrogens with one attached hydrogen (secondary N) is 1. The van der Waals surface area contributed by atoms with Crippen molar-refractivity contribution in [3.63, 3.8) is 0 Å². The van der Waals surface area contributed by atoms with Crippen molar-refractivity contribution in [2.75, 3.05) is 5.32 Å². The minimum absolute atomic E-state index is 0.0548. The molecule has 8 heteroatoms. The van der Waals surface area contributed by atoms with Crippen molar-refractivity contribution in [3.8, 4) is 18.9 Å². The first-order chi connectivity index (χ1) is 15.2. The average molecular weight is 443 g/mol. The number of hydrogen-bond donors (Lipinski definition) is 2. The summed E-state index contributed by atoms with van der Waals surface area (Å²) in [6, 6.07) is 11.9. The number of terminal acetylenes is 1. The monoisotopic (exact) mass is 443 g/mol. The number of halogens is 3. The molecule has 3 rings (SSSR count). The van der Waals surface area contributed by atoms with Crippen LogP contribution in [-0.4, -0.2) is 21.7 Å². The summed E-state index contributed by atoms with van der Waals surface area (Å²) in [4.78, 5) is 12.2. The van der Waals surface area contributed by atoms with E-state index < -0.39 is 29.3 Å². The van der Waals surface area contributed by atoms with E-state index in [1.807, 2.05) is 45.0 Å². The highest BCUT2D eigenvalue weighted by atomic mass is 19.4. The van der Waals surface area contributed by atoms with Crippen LogP contribution in [0.1, 0.15) is 30.5 Å². The smallest absolute Gasteiger partial charge is 0.381 e. The highest BCUT2D eigenvalue weighted by molar-refractivity contribution is 5.94. The normalized spacial score (nSPS) is 11.2. The van der Waals surface area contributed by atoms with Gasteiger partial charge in [0.1, 0.15) is 0 Å². The van der Waals surface area contributed by atoms with Gasteiger partial charge >= 0.3 is 6.18 Å². The van der Waals surface area contributed by atoms with Gasteiger partial charge < -0.3 is 15.0 Å². The van der Waals surface area contributed by atoms with E-state index in [1.54, 1.807) is 10.8 Å². The summed E-state index contributed by atoms with van der Waals surface area (Å²) in [5.41, 5.74) is 0.0672. The molecule has 32 heavy (non-hydrogen) atoms. The zero-order valence-electron chi connectivity index (χ0n) is 17.9. The summed E-state index contributed by atoms with van der Waals surface area (Å²) in [7, 11) is 0. The summed E-state index contributed by atoms with van der Waals surface area (Å²) in [6.07, 6.45) is 3.53. The highest BCUT2D eigenvalue weighted by Gasteiger charge is 2.34. The Bertz CT molecular complexity index is 1120. The van der Waals surface area contributed by atoms with E-state index in [9.17, 15) is 23.1 Å². The molecule has 0 aliphatic rings. The molecule has 3 aromatic rings. The fraction of sp³-hybridized carbons (Fsp3) is 0.250. The Kier molecular flexibility index (Phi) is 9.52. The Morgan fingerprint density at radius 2 is 1.84 bits per heavy atom. The van der Waals surface area contributed by atoms with E-state index >= 15 is 0 Å². The lowest BCUT2D eigenvalue weighted by atomic mass is 10.1. The van der Waals surface area contributed by atoms with Gasteiger partial charge in [0.15, 0.2) is 6.10 Å². The van der Waals surface area contributed by atoms with Gasteiger partial charge in [0.2, 0.25) is 0 Å². The van der Waals surface area contributed by atoms with E-state index in [4.69, 9.17) is 5.26 Å². The largest absolute Gasteiger partial charge is 0.417 e. The Labute approximate surface area is 185 Å². The van der Waals surface area contributed by atoms with Gasteiger partial charge in [0, 0.05) is 17.4 Å². The summed E-state index contributed by atoms with van der Waals surface area (Å²) < 4.78 is 40.8. The number of nitrogens with zero attached hydrogens (tertiary/aromatic N) is 2. The SMILES string of the molecule is C#C.CC.Cc1ccc2c(ccn2C[C@H](O)C(=O)Nc2ccc(C#N)c(C(F)(F)F)c2)c1. The summed E-state index contributed by atoms with van der Waals surface area (Å²) in [5.74, 6) is -0.841. The van der Waals surface area contributed by atoms with Crippen molar-refractivity contribution in [2.45, 2.75) is 39.6 Å². The first kappa shape index (κ1) is 26.3. The molecule has 2 aromatic carbocycles. The van der Waals surface area contributed by atoms with Crippen LogP contribution < -0.4 is 5.32 Å². The minimum Gasteiger partial charge on any atom is -0.381 e. The Balaban J connectivity index is 0.00000121. The lowest BCUT2D eigenvalue weighted by molar-refractivity contribution is -0.137. The number of fused-ring (bicyclic) bond motifs is 1. The van der Waals surface area contributed by atoms with Gasteiger partial charge in [-0.3, -0.25) is 4.79 Å². The van der Waals surface area contributed by atoms with Crippen LogP contribution in [-0.2, 0) is 17.5 Å². The number of carbonyl (C=O) groups is 1. The molecule has 0 unspecified atom stereocenters. The molecule has 0 saturated heterocycles. The number of aliphatic hydroxyl groups is 1. The molecule has 0 saturated carbocycles. The van der Waals surface area contributed by atoms with Crippen molar-refractivity contribution >= 4 is 22.5 Å². The van der Waals surface area contributed by atoms with Gasteiger partial charge in [-0.25, -0.2) is 0 Å². The lowest BCUT2D eigenvalue weighted by Gasteiger charge is -2.15. The van der Waals surface area contributed by atoms with Gasteiger partial charge in [-0.1, -0.05) is 25.5 Å². The molecule has 0 bridgehead atoms. The number of aromatic nitrogens is 1. The van der Waals surface area contributed by atoms with E-state index in [2.05, 4.69) is 18.2 Å². The number of amides is 1. The number of aliphatic hydroxyl groups excluding tert-OH is 1.